The van der Waals surface area contributed by atoms with Crippen molar-refractivity contribution in [2.24, 2.45) is 5.14 Å². The summed E-state index contributed by atoms with van der Waals surface area (Å²) in [6.45, 7) is 0.162. The van der Waals surface area contributed by atoms with Gasteiger partial charge in [0.05, 0.1) is 5.88 Å². The van der Waals surface area contributed by atoms with Crippen LogP contribution in [0, 0.1) is 0 Å². The predicted molar refractivity (Wildman–Crippen MR) is 55.7 cm³/mol. The van der Waals surface area contributed by atoms with Crippen LogP contribution in [-0.2, 0) is 10.0 Å². The molecule has 0 fully saturated rings. The Morgan fingerprint density at radius 2 is 2.13 bits per heavy atom. The lowest BCUT2D eigenvalue weighted by atomic mass is 10.3. The summed E-state index contributed by atoms with van der Waals surface area (Å²) < 4.78 is 27.3. The van der Waals surface area contributed by atoms with Gasteiger partial charge in [-0.1, -0.05) is 0 Å². The van der Waals surface area contributed by atoms with Crippen molar-refractivity contribution in [2.45, 2.75) is 4.90 Å². The van der Waals surface area contributed by atoms with Gasteiger partial charge in [0.2, 0.25) is 10.0 Å². The number of hydrogen-bond acceptors (Lipinski definition) is 4. The molecule has 3 N–H and O–H groups in total. The number of benzene rings is 1. The molecule has 0 aromatic heterocycles. The van der Waals surface area contributed by atoms with Crippen molar-refractivity contribution < 1.29 is 18.3 Å². The number of nitrogens with two attached hydrogens (primary N) is 1. The minimum atomic E-state index is -3.91. The van der Waals surface area contributed by atoms with E-state index in [1.54, 1.807) is 0 Å². The fourth-order valence-electron chi connectivity index (χ4n) is 0.987. The van der Waals surface area contributed by atoms with E-state index in [2.05, 4.69) is 0 Å². The zero-order valence-electron chi connectivity index (χ0n) is 7.68. The lowest BCUT2D eigenvalue weighted by molar-refractivity contribution is 0.332. The Labute approximate surface area is 92.5 Å². The van der Waals surface area contributed by atoms with Crippen LogP contribution in [0.4, 0.5) is 0 Å². The molecule has 0 amide bonds. The number of halogens is 1. The molecule has 1 aromatic carbocycles. The number of hydrogen-bond donors (Lipinski definition) is 2. The molecule has 5 nitrogen and oxygen atoms in total. The summed E-state index contributed by atoms with van der Waals surface area (Å²) in [6, 6.07) is 3.65. The van der Waals surface area contributed by atoms with E-state index in [0.717, 1.165) is 6.07 Å². The van der Waals surface area contributed by atoms with Crippen molar-refractivity contribution in [3.05, 3.63) is 18.2 Å². The largest absolute Gasteiger partial charge is 0.508 e. The third kappa shape index (κ3) is 3.26. The van der Waals surface area contributed by atoms with Crippen LogP contribution in [0.25, 0.3) is 0 Å². The smallest absolute Gasteiger partial charge is 0.241 e. The first kappa shape index (κ1) is 12.1. The molecule has 7 heteroatoms. The first-order chi connectivity index (χ1) is 6.95. The summed E-state index contributed by atoms with van der Waals surface area (Å²) in [5.74, 6) is 0.110. The maximum absolute atomic E-state index is 11.1. The van der Waals surface area contributed by atoms with Crippen LogP contribution in [0.15, 0.2) is 23.1 Å². The summed E-state index contributed by atoms with van der Waals surface area (Å²) in [4.78, 5) is -0.257. The van der Waals surface area contributed by atoms with E-state index < -0.39 is 10.0 Å². The van der Waals surface area contributed by atoms with Gasteiger partial charge < -0.3 is 9.84 Å². The number of primary sulfonamides is 1. The average Bonchev–Trinajstić information content (AvgIpc) is 2.14. The van der Waals surface area contributed by atoms with Gasteiger partial charge in [-0.2, -0.15) is 0 Å². The Morgan fingerprint density at radius 1 is 1.47 bits per heavy atom. The summed E-state index contributed by atoms with van der Waals surface area (Å²) in [5.41, 5.74) is 0. The third-order valence-electron chi connectivity index (χ3n) is 1.57. The molecule has 0 saturated carbocycles. The fourth-order valence-corrected chi connectivity index (χ4v) is 1.76. The van der Waals surface area contributed by atoms with Gasteiger partial charge in [0.25, 0.3) is 0 Å². The predicted octanol–water partition coefficient (Wildman–Crippen LogP) is 0.657. The van der Waals surface area contributed by atoms with Crippen molar-refractivity contribution in [3.63, 3.8) is 0 Å². The monoisotopic (exact) mass is 251 g/mol. The van der Waals surface area contributed by atoms with Crippen molar-refractivity contribution >= 4 is 21.6 Å². The molecule has 0 heterocycles. The lowest BCUT2D eigenvalue weighted by Crippen LogP contribution is -2.14. The van der Waals surface area contributed by atoms with E-state index in [0.29, 0.717) is 0 Å². The quantitative estimate of drug-likeness (QED) is 0.769. The lowest BCUT2D eigenvalue weighted by Gasteiger charge is -2.08. The van der Waals surface area contributed by atoms with Crippen LogP contribution in [0.3, 0.4) is 0 Å². The van der Waals surface area contributed by atoms with Gasteiger partial charge in [-0.05, 0) is 12.1 Å². The molecular formula is C8H10ClNO4S. The van der Waals surface area contributed by atoms with Crippen LogP contribution >= 0.6 is 11.6 Å². The van der Waals surface area contributed by atoms with Crippen molar-refractivity contribution in [1.82, 2.24) is 0 Å². The third-order valence-corrected chi connectivity index (χ3v) is 2.65. The first-order valence-corrected chi connectivity index (χ1v) is 6.08. The molecule has 1 aromatic rings. The van der Waals surface area contributed by atoms with Gasteiger partial charge in [0.1, 0.15) is 23.0 Å². The zero-order chi connectivity index (χ0) is 11.5. The van der Waals surface area contributed by atoms with E-state index in [4.69, 9.17) is 26.6 Å². The highest BCUT2D eigenvalue weighted by Gasteiger charge is 2.15. The van der Waals surface area contributed by atoms with Gasteiger partial charge in [-0.15, -0.1) is 11.6 Å². The second kappa shape index (κ2) is 4.69. The van der Waals surface area contributed by atoms with Crippen LogP contribution in [0.1, 0.15) is 0 Å². The Morgan fingerprint density at radius 3 is 2.67 bits per heavy atom. The number of ether oxygens (including phenoxy) is 1. The summed E-state index contributed by atoms with van der Waals surface area (Å²) in [6.07, 6.45) is 0. The Bertz CT molecular complexity index is 446. The minimum absolute atomic E-state index is 0.0796. The molecule has 84 valence electrons. The van der Waals surface area contributed by atoms with Crippen LogP contribution in [-0.4, -0.2) is 26.0 Å². The van der Waals surface area contributed by atoms with E-state index >= 15 is 0 Å². The van der Waals surface area contributed by atoms with Crippen molar-refractivity contribution in [2.75, 3.05) is 12.5 Å². The normalized spacial score (nSPS) is 11.3. The molecule has 0 aliphatic heterocycles. The van der Waals surface area contributed by atoms with E-state index in [9.17, 15) is 8.42 Å². The molecule has 0 aliphatic rings. The minimum Gasteiger partial charge on any atom is -0.508 e. The Hall–Kier alpha value is -0.980. The standard InChI is InChI=1S/C8H10ClNO4S/c9-3-4-14-7-2-1-6(11)5-8(7)15(10,12)13/h1-2,5,11H,3-4H2,(H2,10,12,13). The molecule has 0 atom stereocenters. The fraction of sp³-hybridized carbons (Fsp3) is 0.250. The highest BCUT2D eigenvalue weighted by molar-refractivity contribution is 7.89. The number of aromatic hydroxyl groups is 1. The molecule has 0 radical (unpaired) electrons. The van der Waals surface area contributed by atoms with Gasteiger partial charge in [0.15, 0.2) is 0 Å². The summed E-state index contributed by atoms with van der Waals surface area (Å²) in [7, 11) is -3.91. The number of phenols is 1. The van der Waals surface area contributed by atoms with Gasteiger partial charge in [-0.3, -0.25) is 0 Å². The highest BCUT2D eigenvalue weighted by Crippen LogP contribution is 2.26. The topological polar surface area (TPSA) is 89.6 Å². The molecule has 0 saturated heterocycles. The maximum atomic E-state index is 11.1. The molecule has 0 spiro atoms. The molecule has 0 aliphatic carbocycles. The van der Waals surface area contributed by atoms with Gasteiger partial charge >= 0.3 is 0 Å². The summed E-state index contributed by atoms with van der Waals surface area (Å²) in [5, 5.41) is 14.1. The van der Waals surface area contributed by atoms with Crippen molar-refractivity contribution in [1.29, 1.82) is 0 Å². The number of alkyl halides is 1. The Balaban J connectivity index is 3.15. The van der Waals surface area contributed by atoms with Crippen LogP contribution in [0.2, 0.25) is 0 Å². The van der Waals surface area contributed by atoms with Gasteiger partial charge in [-0.25, -0.2) is 13.6 Å². The molecule has 1 rings (SSSR count). The van der Waals surface area contributed by atoms with Crippen LogP contribution in [0.5, 0.6) is 11.5 Å². The van der Waals surface area contributed by atoms with Crippen LogP contribution < -0.4 is 9.88 Å². The average molecular weight is 252 g/mol. The SMILES string of the molecule is NS(=O)(=O)c1cc(O)ccc1OCCCl. The van der Waals surface area contributed by atoms with Gasteiger partial charge in [0, 0.05) is 6.07 Å². The number of sulfonamides is 1. The second-order valence-electron chi connectivity index (χ2n) is 2.71. The second-order valence-corrected chi connectivity index (χ2v) is 4.62. The number of rotatable bonds is 4. The van der Waals surface area contributed by atoms with E-state index in [1.807, 2.05) is 0 Å². The molecule has 0 bridgehead atoms. The first-order valence-electron chi connectivity index (χ1n) is 3.99. The highest BCUT2D eigenvalue weighted by atomic mass is 35.5. The zero-order valence-corrected chi connectivity index (χ0v) is 9.25. The molecule has 0 unspecified atom stereocenters. The summed E-state index contributed by atoms with van der Waals surface area (Å²) >= 11 is 5.39. The van der Waals surface area contributed by atoms with E-state index in [-0.39, 0.29) is 28.9 Å². The molecule has 15 heavy (non-hydrogen) atoms. The molecular weight excluding hydrogens is 242 g/mol. The number of phenolic OH excluding ortho intramolecular Hbond substituents is 1. The van der Waals surface area contributed by atoms with E-state index in [1.165, 1.54) is 12.1 Å². The maximum Gasteiger partial charge on any atom is 0.241 e. The Kier molecular flexibility index (Phi) is 3.78. The van der Waals surface area contributed by atoms with Crippen molar-refractivity contribution in [3.8, 4) is 11.5 Å².